The summed E-state index contributed by atoms with van der Waals surface area (Å²) in [6.45, 7) is 2.38. The molecule has 0 spiro atoms. The van der Waals surface area contributed by atoms with Gasteiger partial charge in [0.05, 0.1) is 14.2 Å². The molecule has 0 fully saturated rings. The first-order chi connectivity index (χ1) is 16.4. The Labute approximate surface area is 203 Å². The van der Waals surface area contributed by atoms with E-state index >= 15 is 0 Å². The first kappa shape index (κ1) is 23.4. The third kappa shape index (κ3) is 5.10. The van der Waals surface area contributed by atoms with Gasteiger partial charge in [0.2, 0.25) is 0 Å². The maximum atomic E-state index is 13.1. The van der Waals surface area contributed by atoms with E-state index in [0.717, 1.165) is 11.1 Å². The van der Waals surface area contributed by atoms with Crippen LogP contribution in [0.4, 0.5) is 5.69 Å². The number of hydrogen-bond donors (Lipinski definition) is 1. The Morgan fingerprint density at radius 1 is 1.09 bits per heavy atom. The molecule has 0 bridgehead atoms. The number of ether oxygens (including phenoxy) is 3. The normalized spacial score (nSPS) is 15.1. The van der Waals surface area contributed by atoms with Gasteiger partial charge in [-0.25, -0.2) is 0 Å². The van der Waals surface area contributed by atoms with E-state index in [1.807, 2.05) is 18.2 Å². The molecule has 1 aliphatic heterocycles. The summed E-state index contributed by atoms with van der Waals surface area (Å²) in [6.07, 6.45) is -0.653. The van der Waals surface area contributed by atoms with Crippen molar-refractivity contribution in [2.24, 2.45) is 0 Å². The molecule has 1 atom stereocenters. The number of amides is 2. The van der Waals surface area contributed by atoms with Crippen molar-refractivity contribution in [1.82, 2.24) is 4.90 Å². The topological polar surface area (TPSA) is 77.1 Å². The molecule has 1 N–H and O–H groups in total. The van der Waals surface area contributed by atoms with Crippen molar-refractivity contribution < 1.29 is 23.8 Å². The minimum absolute atomic E-state index is 0.138. The van der Waals surface area contributed by atoms with Crippen LogP contribution in [-0.2, 0) is 17.9 Å². The molecule has 1 heterocycles. The van der Waals surface area contributed by atoms with Crippen LogP contribution in [0.25, 0.3) is 0 Å². The number of methoxy groups -OCH3 is 2. The summed E-state index contributed by atoms with van der Waals surface area (Å²) in [6, 6.07) is 17.5. The fourth-order valence-corrected chi connectivity index (χ4v) is 3.93. The quantitative estimate of drug-likeness (QED) is 0.542. The van der Waals surface area contributed by atoms with Crippen molar-refractivity contribution in [3.63, 3.8) is 0 Å². The molecule has 4 rings (SSSR count). The molecule has 3 aromatic carbocycles. The summed E-state index contributed by atoms with van der Waals surface area (Å²) in [7, 11) is 3.17. The van der Waals surface area contributed by atoms with Crippen LogP contribution in [0.15, 0.2) is 60.7 Å². The summed E-state index contributed by atoms with van der Waals surface area (Å²) in [5.74, 6) is 1.52. The molecule has 0 saturated carbocycles. The van der Waals surface area contributed by atoms with Gasteiger partial charge in [0, 0.05) is 46.6 Å². The number of nitrogens with zero attached hydrogens (tertiary/aromatic N) is 1. The average molecular weight is 481 g/mol. The number of carbonyl (C=O) groups excluding carboxylic acids is 2. The fraction of sp³-hybridized carbons (Fsp3) is 0.231. The van der Waals surface area contributed by atoms with Crippen LogP contribution >= 0.6 is 11.6 Å². The molecule has 2 amide bonds. The summed E-state index contributed by atoms with van der Waals surface area (Å²) in [4.78, 5) is 27.4. The number of halogens is 1. The summed E-state index contributed by atoms with van der Waals surface area (Å²) in [5, 5.41) is 3.45. The predicted molar refractivity (Wildman–Crippen MR) is 130 cm³/mol. The maximum Gasteiger partial charge on any atom is 0.263 e. The van der Waals surface area contributed by atoms with Crippen molar-refractivity contribution in [2.75, 3.05) is 19.5 Å². The smallest absolute Gasteiger partial charge is 0.263 e. The number of fused-ring (bicyclic) bond motifs is 1. The maximum absolute atomic E-state index is 13.1. The second kappa shape index (κ2) is 10.1. The molecule has 7 nitrogen and oxygen atoms in total. The van der Waals surface area contributed by atoms with Gasteiger partial charge in [-0.05, 0) is 61.5 Å². The zero-order valence-electron chi connectivity index (χ0n) is 19.1. The number of anilines is 1. The average Bonchev–Trinajstić information content (AvgIpc) is 2.95. The van der Waals surface area contributed by atoms with Crippen molar-refractivity contribution in [3.05, 3.63) is 82.4 Å². The van der Waals surface area contributed by atoms with E-state index in [9.17, 15) is 9.59 Å². The second-order valence-corrected chi connectivity index (χ2v) is 8.35. The highest BCUT2D eigenvalue weighted by molar-refractivity contribution is 6.30. The third-order valence-corrected chi connectivity index (χ3v) is 5.86. The van der Waals surface area contributed by atoms with Crippen LogP contribution in [0.3, 0.4) is 0 Å². The minimum Gasteiger partial charge on any atom is -0.497 e. The molecule has 34 heavy (non-hydrogen) atoms. The Hall–Kier alpha value is -3.71. The lowest BCUT2D eigenvalue weighted by atomic mass is 10.1. The fourth-order valence-electron chi connectivity index (χ4n) is 3.80. The second-order valence-electron chi connectivity index (χ2n) is 7.92. The molecule has 0 aromatic heterocycles. The van der Waals surface area contributed by atoms with Gasteiger partial charge >= 0.3 is 0 Å². The number of benzene rings is 3. The molecule has 0 radical (unpaired) electrons. The zero-order valence-corrected chi connectivity index (χ0v) is 19.9. The summed E-state index contributed by atoms with van der Waals surface area (Å²) in [5.41, 5.74) is 2.73. The standard InChI is InChI=1S/C26H25ClN2O5/c1-16-26(31)29(14-18-6-10-22(32-2)13-24(18)33-3)15-19-12-21(9-11-23(19)34-16)28-25(30)17-4-7-20(27)8-5-17/h4-13,16H,14-15H2,1-3H3,(H,28,30)/t16-/m0/s1. The first-order valence-electron chi connectivity index (χ1n) is 10.7. The summed E-state index contributed by atoms with van der Waals surface area (Å²) >= 11 is 5.91. The molecule has 176 valence electrons. The predicted octanol–water partition coefficient (Wildman–Crippen LogP) is 4.92. The van der Waals surface area contributed by atoms with E-state index in [4.69, 9.17) is 25.8 Å². The van der Waals surface area contributed by atoms with Gasteiger partial charge in [-0.2, -0.15) is 0 Å². The Morgan fingerprint density at radius 3 is 2.56 bits per heavy atom. The molecular formula is C26H25ClN2O5. The minimum atomic E-state index is -0.653. The zero-order chi connectivity index (χ0) is 24.2. The Bertz CT molecular complexity index is 1210. The van der Waals surface area contributed by atoms with E-state index in [0.29, 0.717) is 46.6 Å². The van der Waals surface area contributed by atoms with Crippen molar-refractivity contribution in [2.45, 2.75) is 26.1 Å². The molecule has 0 unspecified atom stereocenters. The van der Waals surface area contributed by atoms with Gasteiger partial charge in [-0.3, -0.25) is 9.59 Å². The van der Waals surface area contributed by atoms with E-state index in [2.05, 4.69) is 5.32 Å². The van der Waals surface area contributed by atoms with Gasteiger partial charge in [0.15, 0.2) is 6.10 Å². The lowest BCUT2D eigenvalue weighted by Gasteiger charge is -2.23. The summed E-state index contributed by atoms with van der Waals surface area (Å²) < 4.78 is 16.7. The number of carbonyl (C=O) groups is 2. The van der Waals surface area contributed by atoms with Crippen LogP contribution in [0.2, 0.25) is 5.02 Å². The molecule has 1 aliphatic rings. The van der Waals surface area contributed by atoms with Crippen LogP contribution in [-0.4, -0.2) is 37.0 Å². The highest BCUT2D eigenvalue weighted by atomic mass is 35.5. The van der Waals surface area contributed by atoms with E-state index in [1.165, 1.54) is 0 Å². The highest BCUT2D eigenvalue weighted by Crippen LogP contribution is 2.32. The first-order valence-corrected chi connectivity index (χ1v) is 11.1. The van der Waals surface area contributed by atoms with Gasteiger partial charge in [0.25, 0.3) is 11.8 Å². The van der Waals surface area contributed by atoms with Gasteiger partial charge in [-0.15, -0.1) is 0 Å². The SMILES string of the molecule is COc1ccc(CN2Cc3cc(NC(=O)c4ccc(Cl)cc4)ccc3O[C@@H](C)C2=O)c(OC)c1. The molecule has 0 saturated heterocycles. The molecule has 0 aliphatic carbocycles. The van der Waals surface area contributed by atoms with Crippen molar-refractivity contribution in [1.29, 1.82) is 0 Å². The van der Waals surface area contributed by atoms with Gasteiger partial charge in [0.1, 0.15) is 17.2 Å². The van der Waals surface area contributed by atoms with Crippen LogP contribution < -0.4 is 19.5 Å². The number of nitrogens with one attached hydrogen (secondary N) is 1. The molecule has 3 aromatic rings. The monoisotopic (exact) mass is 480 g/mol. The van der Waals surface area contributed by atoms with E-state index < -0.39 is 6.10 Å². The largest absolute Gasteiger partial charge is 0.497 e. The highest BCUT2D eigenvalue weighted by Gasteiger charge is 2.29. The lowest BCUT2D eigenvalue weighted by Crippen LogP contribution is -2.37. The van der Waals surface area contributed by atoms with Crippen LogP contribution in [0.1, 0.15) is 28.4 Å². The number of rotatable bonds is 6. The Morgan fingerprint density at radius 2 is 1.85 bits per heavy atom. The molecular weight excluding hydrogens is 456 g/mol. The van der Waals surface area contributed by atoms with E-state index in [-0.39, 0.29) is 11.8 Å². The third-order valence-electron chi connectivity index (χ3n) is 5.60. The molecule has 8 heteroatoms. The van der Waals surface area contributed by atoms with Crippen molar-refractivity contribution in [3.8, 4) is 17.2 Å². The lowest BCUT2D eigenvalue weighted by molar-refractivity contribution is -0.138. The van der Waals surface area contributed by atoms with Gasteiger partial charge < -0.3 is 24.4 Å². The van der Waals surface area contributed by atoms with Crippen molar-refractivity contribution >= 4 is 29.1 Å². The Kier molecular flexibility index (Phi) is 6.93. The Balaban J connectivity index is 1.58. The van der Waals surface area contributed by atoms with E-state index in [1.54, 1.807) is 68.5 Å². The van der Waals surface area contributed by atoms with Gasteiger partial charge in [-0.1, -0.05) is 11.6 Å². The van der Waals surface area contributed by atoms with Crippen LogP contribution in [0, 0.1) is 0 Å². The number of hydrogen-bond acceptors (Lipinski definition) is 5. The van der Waals surface area contributed by atoms with Crippen LogP contribution in [0.5, 0.6) is 17.2 Å².